The molecule has 6 nitrogen and oxygen atoms in total. The van der Waals surface area contributed by atoms with Gasteiger partial charge in [-0.05, 0) is 6.92 Å². The molecule has 0 aliphatic heterocycles. The normalized spacial score (nSPS) is 9.08. The Hall–Kier alpha value is -1.85. The van der Waals surface area contributed by atoms with Crippen LogP contribution in [0.15, 0.2) is 10.6 Å². The first-order chi connectivity index (χ1) is 5.74. The summed E-state index contributed by atoms with van der Waals surface area (Å²) in [6.45, 7) is 1.66. The lowest BCUT2D eigenvalue weighted by Gasteiger charge is -1.96. The van der Waals surface area contributed by atoms with Crippen molar-refractivity contribution in [1.82, 2.24) is 16.0 Å². The zero-order valence-electron chi connectivity index (χ0n) is 6.33. The van der Waals surface area contributed by atoms with Crippen molar-refractivity contribution in [3.05, 3.63) is 17.5 Å². The summed E-state index contributed by atoms with van der Waals surface area (Å²) in [5, 5.41) is 3.43. The minimum Gasteiger partial charge on any atom is -0.361 e. The van der Waals surface area contributed by atoms with E-state index in [9.17, 15) is 9.59 Å². The van der Waals surface area contributed by atoms with Gasteiger partial charge in [-0.15, -0.1) is 0 Å². The number of hydrogen-bond donors (Lipinski definition) is 2. The van der Waals surface area contributed by atoms with Crippen LogP contribution in [0.2, 0.25) is 0 Å². The van der Waals surface area contributed by atoms with Gasteiger partial charge in [0.1, 0.15) is 5.76 Å². The lowest BCUT2D eigenvalue weighted by Crippen LogP contribution is -2.36. The highest BCUT2D eigenvalue weighted by atomic mass is 16.5. The zero-order chi connectivity index (χ0) is 8.97. The summed E-state index contributed by atoms with van der Waals surface area (Å²) in [6.07, 6.45) is 0.352. The number of hydrogen-bond acceptors (Lipinski definition) is 4. The van der Waals surface area contributed by atoms with E-state index < -0.39 is 5.91 Å². The van der Waals surface area contributed by atoms with Crippen LogP contribution >= 0.6 is 0 Å². The van der Waals surface area contributed by atoms with Crippen LogP contribution in [0.25, 0.3) is 0 Å². The maximum atomic E-state index is 11.0. The van der Waals surface area contributed by atoms with Crippen LogP contribution in [0.4, 0.5) is 0 Å². The van der Waals surface area contributed by atoms with Crippen LogP contribution in [-0.2, 0) is 4.79 Å². The molecule has 0 unspecified atom stereocenters. The number of nitrogens with zero attached hydrogens (tertiary/aromatic N) is 1. The second-order valence-electron chi connectivity index (χ2n) is 2.04. The molecule has 2 N–H and O–H groups in total. The molecular formula is C6H7N3O3. The molecule has 0 spiro atoms. The highest BCUT2D eigenvalue weighted by molar-refractivity contribution is 5.92. The number of rotatable bonds is 3. The van der Waals surface area contributed by atoms with Crippen LogP contribution in [0, 0.1) is 6.92 Å². The first kappa shape index (κ1) is 8.25. The number of aryl methyl sites for hydroxylation is 1. The monoisotopic (exact) mass is 169 g/mol. The second-order valence-corrected chi connectivity index (χ2v) is 2.04. The van der Waals surface area contributed by atoms with Gasteiger partial charge < -0.3 is 4.52 Å². The fraction of sp³-hybridized carbons (Fsp3) is 0.167. The molecule has 0 fully saturated rings. The molecule has 1 aromatic heterocycles. The van der Waals surface area contributed by atoms with Crippen molar-refractivity contribution in [1.29, 1.82) is 0 Å². The molecular weight excluding hydrogens is 162 g/mol. The molecule has 0 aromatic carbocycles. The van der Waals surface area contributed by atoms with Gasteiger partial charge in [0.25, 0.3) is 5.91 Å². The summed E-state index contributed by atoms with van der Waals surface area (Å²) in [7, 11) is 0. The van der Waals surface area contributed by atoms with Gasteiger partial charge in [0.2, 0.25) is 6.41 Å². The van der Waals surface area contributed by atoms with Crippen LogP contribution in [0.5, 0.6) is 0 Å². The SMILES string of the molecule is Cc1cc(C(=O)NNC=O)no1. The van der Waals surface area contributed by atoms with Gasteiger partial charge in [0.05, 0.1) is 0 Å². The molecule has 0 radical (unpaired) electrons. The van der Waals surface area contributed by atoms with E-state index in [0.29, 0.717) is 12.2 Å². The minimum atomic E-state index is -0.515. The average Bonchev–Trinajstić information content (AvgIpc) is 2.47. The number of carbonyl (C=O) groups excluding carboxylic acids is 2. The molecule has 12 heavy (non-hydrogen) atoms. The average molecular weight is 169 g/mol. The maximum absolute atomic E-state index is 11.0. The van der Waals surface area contributed by atoms with E-state index in [1.165, 1.54) is 6.07 Å². The smallest absolute Gasteiger partial charge is 0.291 e. The summed E-state index contributed by atoms with van der Waals surface area (Å²) in [4.78, 5) is 20.7. The van der Waals surface area contributed by atoms with Crippen molar-refractivity contribution in [3.8, 4) is 0 Å². The highest BCUT2D eigenvalue weighted by Gasteiger charge is 2.08. The first-order valence-electron chi connectivity index (χ1n) is 3.17. The molecule has 0 saturated heterocycles. The topological polar surface area (TPSA) is 84.2 Å². The molecule has 64 valence electrons. The standard InChI is InChI=1S/C6H7N3O3/c1-4-2-5(9-12-4)6(11)8-7-3-10/h2-3H,1H3,(H,7,10)(H,8,11). The number of hydrazine groups is 1. The summed E-state index contributed by atoms with van der Waals surface area (Å²) in [5.41, 5.74) is 4.20. The maximum Gasteiger partial charge on any atom is 0.291 e. The molecule has 1 rings (SSSR count). The third-order valence-corrected chi connectivity index (χ3v) is 1.11. The third kappa shape index (κ3) is 1.82. The number of nitrogens with one attached hydrogen (secondary N) is 2. The lowest BCUT2D eigenvalue weighted by molar-refractivity contribution is -0.110. The fourth-order valence-corrected chi connectivity index (χ4v) is 0.632. The Morgan fingerprint density at radius 1 is 1.75 bits per heavy atom. The van der Waals surface area contributed by atoms with Crippen LogP contribution in [0.1, 0.15) is 16.2 Å². The number of amides is 2. The van der Waals surface area contributed by atoms with Gasteiger partial charge in [0, 0.05) is 6.07 Å². The third-order valence-electron chi connectivity index (χ3n) is 1.11. The Morgan fingerprint density at radius 2 is 2.50 bits per heavy atom. The summed E-state index contributed by atoms with van der Waals surface area (Å²) in [5.74, 6) is 0.0187. The molecule has 1 aromatic rings. The fourth-order valence-electron chi connectivity index (χ4n) is 0.632. The number of carbonyl (C=O) groups is 2. The van der Waals surface area contributed by atoms with Crippen LogP contribution in [0.3, 0.4) is 0 Å². The van der Waals surface area contributed by atoms with Gasteiger partial charge in [-0.1, -0.05) is 5.16 Å². The predicted molar refractivity (Wildman–Crippen MR) is 37.9 cm³/mol. The van der Waals surface area contributed by atoms with Crippen molar-refractivity contribution in [2.24, 2.45) is 0 Å². The van der Waals surface area contributed by atoms with Gasteiger partial charge >= 0.3 is 0 Å². The number of aromatic nitrogens is 1. The molecule has 2 amide bonds. The van der Waals surface area contributed by atoms with E-state index in [1.54, 1.807) is 6.92 Å². The van der Waals surface area contributed by atoms with E-state index >= 15 is 0 Å². The highest BCUT2D eigenvalue weighted by Crippen LogP contribution is 1.99. The van der Waals surface area contributed by atoms with E-state index in [4.69, 9.17) is 0 Å². The van der Waals surface area contributed by atoms with Crippen molar-refractivity contribution in [2.75, 3.05) is 0 Å². The van der Waals surface area contributed by atoms with Crippen LogP contribution < -0.4 is 10.9 Å². The second kappa shape index (κ2) is 3.51. The molecule has 0 aliphatic carbocycles. The van der Waals surface area contributed by atoms with Gasteiger partial charge in [-0.25, -0.2) is 0 Å². The molecule has 0 saturated carbocycles. The lowest BCUT2D eigenvalue weighted by atomic mass is 10.4. The minimum absolute atomic E-state index is 0.127. The Balaban J connectivity index is 2.59. The first-order valence-corrected chi connectivity index (χ1v) is 3.17. The molecule has 0 bridgehead atoms. The quantitative estimate of drug-likeness (QED) is 0.466. The largest absolute Gasteiger partial charge is 0.361 e. The summed E-state index contributed by atoms with van der Waals surface area (Å²) in [6, 6.07) is 1.46. The van der Waals surface area contributed by atoms with Crippen molar-refractivity contribution in [2.45, 2.75) is 6.92 Å². The Bertz CT molecular complexity index is 294. The Labute approximate surface area is 67.9 Å². The van der Waals surface area contributed by atoms with Gasteiger partial charge in [-0.3, -0.25) is 20.4 Å². The van der Waals surface area contributed by atoms with E-state index in [-0.39, 0.29) is 5.69 Å². The van der Waals surface area contributed by atoms with Crippen molar-refractivity contribution < 1.29 is 14.1 Å². The Kier molecular flexibility index (Phi) is 2.42. The van der Waals surface area contributed by atoms with Crippen molar-refractivity contribution >= 4 is 12.3 Å². The molecule has 6 heteroatoms. The predicted octanol–water partition coefficient (Wildman–Crippen LogP) is -0.626. The Morgan fingerprint density at radius 3 is 3.00 bits per heavy atom. The molecule has 0 aliphatic rings. The summed E-state index contributed by atoms with van der Waals surface area (Å²) >= 11 is 0. The van der Waals surface area contributed by atoms with E-state index in [0.717, 1.165) is 0 Å². The van der Waals surface area contributed by atoms with Gasteiger partial charge in [0.15, 0.2) is 5.69 Å². The zero-order valence-corrected chi connectivity index (χ0v) is 6.33. The molecule has 1 heterocycles. The van der Waals surface area contributed by atoms with Crippen LogP contribution in [-0.4, -0.2) is 17.5 Å². The van der Waals surface area contributed by atoms with Gasteiger partial charge in [-0.2, -0.15) is 0 Å². The molecule has 0 atom stereocenters. The summed E-state index contributed by atoms with van der Waals surface area (Å²) < 4.78 is 4.64. The van der Waals surface area contributed by atoms with Crippen molar-refractivity contribution in [3.63, 3.8) is 0 Å². The van der Waals surface area contributed by atoms with E-state index in [1.807, 2.05) is 5.43 Å². The van der Waals surface area contributed by atoms with E-state index in [2.05, 4.69) is 15.1 Å².